The van der Waals surface area contributed by atoms with Gasteiger partial charge in [-0.2, -0.15) is 0 Å². The number of hydrogen-bond acceptors (Lipinski definition) is 2. The Morgan fingerprint density at radius 2 is 2.25 bits per heavy atom. The third-order valence-electron chi connectivity index (χ3n) is 2.96. The smallest absolute Gasteiger partial charge is 0.276 e. The molecule has 0 atom stereocenters. The second kappa shape index (κ2) is 6.45. The van der Waals surface area contributed by atoms with E-state index in [4.69, 9.17) is 12.2 Å². The fourth-order valence-corrected chi connectivity index (χ4v) is 2.48. The van der Waals surface area contributed by atoms with Crippen LogP contribution in [-0.2, 0) is 4.79 Å². The van der Waals surface area contributed by atoms with E-state index < -0.39 is 0 Å². The van der Waals surface area contributed by atoms with Crippen molar-refractivity contribution in [1.29, 1.82) is 0 Å². The van der Waals surface area contributed by atoms with E-state index in [0.717, 1.165) is 12.8 Å². The van der Waals surface area contributed by atoms with Crippen molar-refractivity contribution in [3.63, 3.8) is 0 Å². The zero-order chi connectivity index (χ0) is 14.7. The Labute approximate surface area is 131 Å². The molecule has 3 nitrogen and oxygen atoms in total. The van der Waals surface area contributed by atoms with Gasteiger partial charge in [0, 0.05) is 16.6 Å². The molecule has 0 saturated carbocycles. The van der Waals surface area contributed by atoms with Crippen LogP contribution >= 0.6 is 28.1 Å². The SMILES string of the molecule is CCCCN1C(=O)/C(=C\c2ccc(Br)cc2F)NC1=S. The summed E-state index contributed by atoms with van der Waals surface area (Å²) in [4.78, 5) is 13.7. The lowest BCUT2D eigenvalue weighted by Gasteiger charge is -2.12. The molecule has 0 spiro atoms. The number of unbranched alkanes of at least 4 members (excludes halogenated alkanes) is 1. The summed E-state index contributed by atoms with van der Waals surface area (Å²) >= 11 is 8.33. The van der Waals surface area contributed by atoms with Crippen LogP contribution in [0.25, 0.3) is 6.08 Å². The van der Waals surface area contributed by atoms with Crippen LogP contribution in [0.1, 0.15) is 25.3 Å². The predicted octanol–water partition coefficient (Wildman–Crippen LogP) is 3.45. The molecule has 1 N–H and O–H groups in total. The normalized spacial score (nSPS) is 16.9. The minimum Gasteiger partial charge on any atom is -0.328 e. The van der Waals surface area contributed by atoms with Crippen molar-refractivity contribution in [2.75, 3.05) is 6.54 Å². The van der Waals surface area contributed by atoms with Crippen LogP contribution in [-0.4, -0.2) is 22.5 Å². The van der Waals surface area contributed by atoms with Crippen LogP contribution in [0.4, 0.5) is 4.39 Å². The van der Waals surface area contributed by atoms with E-state index in [9.17, 15) is 9.18 Å². The van der Waals surface area contributed by atoms with E-state index >= 15 is 0 Å². The van der Waals surface area contributed by atoms with Gasteiger partial charge in [-0.05, 0) is 36.8 Å². The average molecular weight is 357 g/mol. The second-order valence-electron chi connectivity index (χ2n) is 4.46. The van der Waals surface area contributed by atoms with Gasteiger partial charge in [-0.1, -0.05) is 35.3 Å². The molecule has 1 fully saturated rings. The molecule has 1 heterocycles. The minimum absolute atomic E-state index is 0.203. The summed E-state index contributed by atoms with van der Waals surface area (Å²) in [5.41, 5.74) is 0.663. The van der Waals surface area contributed by atoms with Crippen LogP contribution in [0.15, 0.2) is 28.4 Å². The Hall–Kier alpha value is -1.27. The number of halogens is 2. The van der Waals surface area contributed by atoms with E-state index in [1.165, 1.54) is 17.0 Å². The quantitative estimate of drug-likeness (QED) is 0.662. The molecular formula is C14H14BrFN2OS. The molecule has 1 aliphatic rings. The second-order valence-corrected chi connectivity index (χ2v) is 5.77. The van der Waals surface area contributed by atoms with Crippen LogP contribution in [0, 0.1) is 5.82 Å². The molecule has 0 aliphatic carbocycles. The Kier molecular flexibility index (Phi) is 4.88. The highest BCUT2D eigenvalue weighted by atomic mass is 79.9. The van der Waals surface area contributed by atoms with Gasteiger partial charge in [-0.25, -0.2) is 4.39 Å². The fraction of sp³-hybridized carbons (Fsp3) is 0.286. The van der Waals surface area contributed by atoms with Gasteiger partial charge in [-0.3, -0.25) is 9.69 Å². The molecule has 20 heavy (non-hydrogen) atoms. The van der Waals surface area contributed by atoms with E-state index in [1.54, 1.807) is 12.1 Å². The largest absolute Gasteiger partial charge is 0.328 e. The van der Waals surface area contributed by atoms with Gasteiger partial charge in [0.1, 0.15) is 11.5 Å². The van der Waals surface area contributed by atoms with Crippen molar-refractivity contribution in [1.82, 2.24) is 10.2 Å². The first-order chi connectivity index (χ1) is 9.52. The van der Waals surface area contributed by atoms with Gasteiger partial charge >= 0.3 is 0 Å². The standard InChI is InChI=1S/C14H14BrFN2OS/c1-2-3-6-18-13(19)12(17-14(18)20)7-9-4-5-10(15)8-11(9)16/h4-5,7-8H,2-3,6H2,1H3,(H,17,20)/b12-7+. The van der Waals surface area contributed by atoms with Gasteiger partial charge in [0.2, 0.25) is 0 Å². The number of nitrogens with one attached hydrogen (secondary N) is 1. The fourth-order valence-electron chi connectivity index (χ4n) is 1.86. The number of amides is 1. The number of rotatable bonds is 4. The van der Waals surface area contributed by atoms with Crippen LogP contribution < -0.4 is 5.32 Å². The van der Waals surface area contributed by atoms with E-state index in [2.05, 4.69) is 21.2 Å². The summed E-state index contributed by atoms with van der Waals surface area (Å²) in [6.45, 7) is 2.63. The molecule has 0 radical (unpaired) electrons. The summed E-state index contributed by atoms with van der Waals surface area (Å²) in [6, 6.07) is 4.69. The number of hydrogen-bond donors (Lipinski definition) is 1. The highest BCUT2D eigenvalue weighted by Crippen LogP contribution is 2.20. The monoisotopic (exact) mass is 356 g/mol. The Morgan fingerprint density at radius 1 is 1.50 bits per heavy atom. The summed E-state index contributed by atoms with van der Waals surface area (Å²) in [7, 11) is 0. The van der Waals surface area contributed by atoms with Gasteiger partial charge < -0.3 is 5.32 Å². The maximum absolute atomic E-state index is 13.8. The molecule has 0 bridgehead atoms. The molecule has 1 saturated heterocycles. The molecule has 0 aromatic heterocycles. The topological polar surface area (TPSA) is 32.3 Å². The Bertz CT molecular complexity index is 589. The lowest BCUT2D eigenvalue weighted by Crippen LogP contribution is -2.31. The number of nitrogens with zero attached hydrogens (tertiary/aromatic N) is 1. The first kappa shape index (κ1) is 15.1. The summed E-state index contributed by atoms with van der Waals surface area (Å²) in [5.74, 6) is -0.592. The van der Waals surface area contributed by atoms with Gasteiger partial charge in [0.05, 0.1) is 0 Å². The van der Waals surface area contributed by atoms with E-state index in [1.807, 2.05) is 6.92 Å². The molecule has 0 unspecified atom stereocenters. The van der Waals surface area contributed by atoms with E-state index in [0.29, 0.717) is 27.4 Å². The first-order valence-electron chi connectivity index (χ1n) is 6.32. The number of carbonyl (C=O) groups is 1. The molecule has 106 valence electrons. The zero-order valence-corrected chi connectivity index (χ0v) is 13.4. The Balaban J connectivity index is 2.23. The van der Waals surface area contributed by atoms with Crippen molar-refractivity contribution in [2.24, 2.45) is 0 Å². The van der Waals surface area contributed by atoms with Crippen LogP contribution in [0.2, 0.25) is 0 Å². The van der Waals surface area contributed by atoms with Gasteiger partial charge in [0.25, 0.3) is 5.91 Å². The summed E-state index contributed by atoms with van der Waals surface area (Å²) in [6.07, 6.45) is 3.35. The maximum Gasteiger partial charge on any atom is 0.276 e. The van der Waals surface area contributed by atoms with Crippen molar-refractivity contribution >= 4 is 45.2 Å². The number of carbonyl (C=O) groups excluding carboxylic acids is 1. The number of thiocarbonyl (C=S) groups is 1. The van der Waals surface area contributed by atoms with Gasteiger partial charge in [-0.15, -0.1) is 0 Å². The summed E-state index contributed by atoms with van der Waals surface area (Å²) < 4.78 is 14.4. The molecule has 1 aliphatic heterocycles. The highest BCUT2D eigenvalue weighted by Gasteiger charge is 2.30. The van der Waals surface area contributed by atoms with Crippen LogP contribution in [0.3, 0.4) is 0 Å². The molecule has 2 rings (SSSR count). The third kappa shape index (κ3) is 3.24. The maximum atomic E-state index is 13.8. The zero-order valence-electron chi connectivity index (χ0n) is 11.0. The van der Waals surface area contributed by atoms with Crippen molar-refractivity contribution < 1.29 is 9.18 Å². The first-order valence-corrected chi connectivity index (χ1v) is 7.52. The third-order valence-corrected chi connectivity index (χ3v) is 3.78. The van der Waals surface area contributed by atoms with Crippen molar-refractivity contribution in [3.8, 4) is 0 Å². The molecular weight excluding hydrogens is 343 g/mol. The molecule has 6 heteroatoms. The number of benzene rings is 1. The average Bonchev–Trinajstić information content (AvgIpc) is 2.66. The molecule has 1 amide bonds. The lowest BCUT2D eigenvalue weighted by atomic mass is 10.2. The Morgan fingerprint density at radius 3 is 2.90 bits per heavy atom. The minimum atomic E-state index is -0.389. The van der Waals surface area contributed by atoms with Gasteiger partial charge in [0.15, 0.2) is 5.11 Å². The predicted molar refractivity (Wildman–Crippen MR) is 84.4 cm³/mol. The van der Waals surface area contributed by atoms with Crippen molar-refractivity contribution in [2.45, 2.75) is 19.8 Å². The van der Waals surface area contributed by atoms with Crippen LogP contribution in [0.5, 0.6) is 0 Å². The van der Waals surface area contributed by atoms with Crippen molar-refractivity contribution in [3.05, 3.63) is 39.7 Å². The highest BCUT2D eigenvalue weighted by molar-refractivity contribution is 9.10. The molecule has 1 aromatic carbocycles. The van der Waals surface area contributed by atoms with E-state index in [-0.39, 0.29) is 11.7 Å². The lowest BCUT2D eigenvalue weighted by molar-refractivity contribution is -0.122. The summed E-state index contributed by atoms with van der Waals surface area (Å²) in [5, 5.41) is 3.23. The molecule has 1 aromatic rings.